The minimum absolute atomic E-state index is 0.0191. The summed E-state index contributed by atoms with van der Waals surface area (Å²) in [5.74, 6) is 0. The molecule has 0 unspecified atom stereocenters. The van der Waals surface area contributed by atoms with Gasteiger partial charge in [0.2, 0.25) is 5.13 Å². The highest BCUT2D eigenvalue weighted by molar-refractivity contribution is 7.73. The van der Waals surface area contributed by atoms with Gasteiger partial charge >= 0.3 is 0 Å². The van der Waals surface area contributed by atoms with Crippen molar-refractivity contribution in [3.05, 3.63) is 3.95 Å². The average molecular weight is 329 g/mol. The fourth-order valence-electron chi connectivity index (χ4n) is 2.86. The molecule has 1 N–H and O–H groups in total. The first-order chi connectivity index (χ1) is 9.89. The van der Waals surface area contributed by atoms with E-state index in [-0.39, 0.29) is 5.54 Å². The Morgan fingerprint density at radius 1 is 1.33 bits per heavy atom. The van der Waals surface area contributed by atoms with Gasteiger partial charge in [0.1, 0.15) is 0 Å². The number of anilines is 1. The monoisotopic (exact) mass is 328 g/mol. The zero-order valence-electron chi connectivity index (χ0n) is 13.7. The van der Waals surface area contributed by atoms with Gasteiger partial charge in [-0.25, -0.2) is 4.68 Å². The van der Waals surface area contributed by atoms with Crippen LogP contribution in [0.5, 0.6) is 0 Å². The fraction of sp³-hybridized carbons (Fsp3) is 0.867. The van der Waals surface area contributed by atoms with Crippen LogP contribution >= 0.6 is 23.6 Å². The number of hydrogen-bond acceptors (Lipinski definition) is 5. The summed E-state index contributed by atoms with van der Waals surface area (Å²) in [6, 6.07) is 0.700. The maximum absolute atomic E-state index is 5.48. The zero-order valence-corrected chi connectivity index (χ0v) is 15.3. The lowest BCUT2D eigenvalue weighted by Crippen LogP contribution is -2.38. The molecule has 2 rings (SSSR count). The molecule has 0 amide bonds. The molecule has 0 saturated heterocycles. The summed E-state index contributed by atoms with van der Waals surface area (Å²) in [5, 5.41) is 8.99. The fourth-order valence-corrected chi connectivity index (χ4v) is 4.06. The molecule has 0 spiro atoms. The minimum atomic E-state index is 0.0191. The van der Waals surface area contributed by atoms with Gasteiger partial charge in [-0.2, -0.15) is 0 Å². The Bertz CT molecular complexity index is 495. The van der Waals surface area contributed by atoms with Gasteiger partial charge in [-0.15, -0.1) is 5.10 Å². The lowest BCUT2D eigenvalue weighted by molar-refractivity contribution is 0.119. The molecule has 120 valence electrons. The predicted octanol–water partition coefficient (Wildman–Crippen LogP) is 4.50. The van der Waals surface area contributed by atoms with E-state index in [1.54, 1.807) is 11.3 Å². The summed E-state index contributed by atoms with van der Waals surface area (Å²) < 4.78 is 2.84. The van der Waals surface area contributed by atoms with E-state index in [4.69, 9.17) is 12.2 Å². The summed E-state index contributed by atoms with van der Waals surface area (Å²) in [4.78, 5) is 2.52. The third kappa shape index (κ3) is 5.04. The molecule has 0 bridgehead atoms. The molecule has 0 aliphatic heterocycles. The topological polar surface area (TPSA) is 33.1 Å². The summed E-state index contributed by atoms with van der Waals surface area (Å²) in [5.41, 5.74) is 0.0191. The molecule has 1 saturated carbocycles. The molecule has 1 heterocycles. The van der Waals surface area contributed by atoms with E-state index in [9.17, 15) is 0 Å². The third-order valence-electron chi connectivity index (χ3n) is 3.90. The van der Waals surface area contributed by atoms with Gasteiger partial charge in [0.25, 0.3) is 0 Å². The van der Waals surface area contributed by atoms with Crippen LogP contribution in [-0.2, 0) is 6.67 Å². The number of hydrogen-bond donors (Lipinski definition) is 1. The van der Waals surface area contributed by atoms with Gasteiger partial charge in [-0.05, 0) is 52.4 Å². The Morgan fingerprint density at radius 3 is 2.57 bits per heavy atom. The van der Waals surface area contributed by atoms with Crippen LogP contribution in [0.3, 0.4) is 0 Å². The van der Waals surface area contributed by atoms with Crippen LogP contribution in [0.4, 0.5) is 5.13 Å². The number of rotatable bonds is 5. The van der Waals surface area contributed by atoms with Gasteiger partial charge in [0.15, 0.2) is 3.95 Å². The number of nitrogens with zero attached hydrogens (tertiary/aromatic N) is 3. The molecule has 6 heteroatoms. The van der Waals surface area contributed by atoms with Crippen LogP contribution < -0.4 is 5.32 Å². The van der Waals surface area contributed by atoms with E-state index in [1.165, 1.54) is 32.1 Å². The van der Waals surface area contributed by atoms with Crippen LogP contribution in [0.2, 0.25) is 0 Å². The maximum Gasteiger partial charge on any atom is 0.205 e. The minimum Gasteiger partial charge on any atom is -0.356 e. The molecule has 1 aromatic rings. The molecule has 1 aromatic heterocycles. The Morgan fingerprint density at radius 2 is 2.00 bits per heavy atom. The van der Waals surface area contributed by atoms with Gasteiger partial charge < -0.3 is 5.32 Å². The van der Waals surface area contributed by atoms with Crippen LogP contribution in [0, 0.1) is 3.95 Å². The van der Waals surface area contributed by atoms with E-state index in [0.717, 1.165) is 22.3 Å². The Hall–Kier alpha value is -0.460. The number of aromatic nitrogens is 2. The summed E-state index contributed by atoms with van der Waals surface area (Å²) >= 11 is 7.05. The van der Waals surface area contributed by atoms with Crippen molar-refractivity contribution in [3.63, 3.8) is 0 Å². The second-order valence-corrected chi connectivity index (χ2v) is 8.51. The smallest absolute Gasteiger partial charge is 0.205 e. The molecular formula is C15H28N4S2. The third-order valence-corrected chi connectivity index (χ3v) is 5.12. The van der Waals surface area contributed by atoms with E-state index in [1.807, 2.05) is 4.68 Å². The summed E-state index contributed by atoms with van der Waals surface area (Å²) in [6.45, 7) is 10.5. The van der Waals surface area contributed by atoms with E-state index < -0.39 is 0 Å². The van der Waals surface area contributed by atoms with Crippen LogP contribution in [0.1, 0.15) is 59.8 Å². The van der Waals surface area contributed by atoms with Crippen LogP contribution in [-0.4, -0.2) is 32.8 Å². The van der Waals surface area contributed by atoms with Crippen molar-refractivity contribution in [1.29, 1.82) is 0 Å². The summed E-state index contributed by atoms with van der Waals surface area (Å²) in [6.07, 6.45) is 6.75. The first-order valence-corrected chi connectivity index (χ1v) is 9.21. The van der Waals surface area contributed by atoms with Crippen LogP contribution in [0.25, 0.3) is 0 Å². The lowest BCUT2D eigenvalue weighted by Gasteiger charge is -2.33. The summed E-state index contributed by atoms with van der Waals surface area (Å²) in [7, 11) is 0. The molecule has 21 heavy (non-hydrogen) atoms. The maximum atomic E-state index is 5.48. The van der Waals surface area contributed by atoms with Crippen molar-refractivity contribution >= 4 is 28.7 Å². The van der Waals surface area contributed by atoms with Crippen LogP contribution in [0.15, 0.2) is 0 Å². The first kappa shape index (κ1) is 16.9. The predicted molar refractivity (Wildman–Crippen MR) is 93.6 cm³/mol. The van der Waals surface area contributed by atoms with E-state index in [2.05, 4.69) is 43.0 Å². The van der Waals surface area contributed by atoms with Gasteiger partial charge in [0, 0.05) is 11.6 Å². The highest BCUT2D eigenvalue weighted by Gasteiger charge is 2.21. The Labute approximate surface area is 137 Å². The normalized spacial score (nSPS) is 17.4. The highest BCUT2D eigenvalue weighted by Crippen LogP contribution is 2.24. The Kier molecular flexibility index (Phi) is 5.80. The molecule has 1 aliphatic rings. The second kappa shape index (κ2) is 7.20. The van der Waals surface area contributed by atoms with E-state index in [0.29, 0.717) is 6.04 Å². The largest absolute Gasteiger partial charge is 0.356 e. The zero-order chi connectivity index (χ0) is 15.5. The van der Waals surface area contributed by atoms with Gasteiger partial charge in [0.05, 0.1) is 6.67 Å². The first-order valence-electron chi connectivity index (χ1n) is 7.99. The van der Waals surface area contributed by atoms with E-state index >= 15 is 0 Å². The molecule has 4 nitrogen and oxygen atoms in total. The van der Waals surface area contributed by atoms with Crippen molar-refractivity contribution < 1.29 is 0 Å². The number of nitrogens with one attached hydrogen (secondary N) is 1. The second-order valence-electron chi connectivity index (χ2n) is 6.89. The average Bonchev–Trinajstić information content (AvgIpc) is 2.74. The van der Waals surface area contributed by atoms with Crippen molar-refractivity contribution in [2.24, 2.45) is 0 Å². The molecule has 1 fully saturated rings. The molecular weight excluding hydrogens is 300 g/mol. The Balaban J connectivity index is 2.05. The van der Waals surface area contributed by atoms with Crippen molar-refractivity contribution in [3.8, 4) is 0 Å². The van der Waals surface area contributed by atoms with Crippen molar-refractivity contribution in [1.82, 2.24) is 14.7 Å². The van der Waals surface area contributed by atoms with Gasteiger partial charge in [-0.1, -0.05) is 37.5 Å². The molecule has 0 radical (unpaired) electrons. The lowest BCUT2D eigenvalue weighted by atomic mass is 9.94. The van der Waals surface area contributed by atoms with Crippen molar-refractivity contribution in [2.75, 3.05) is 11.9 Å². The van der Waals surface area contributed by atoms with Crippen molar-refractivity contribution in [2.45, 2.75) is 78.0 Å². The van der Waals surface area contributed by atoms with Gasteiger partial charge in [-0.3, -0.25) is 4.90 Å². The highest BCUT2D eigenvalue weighted by atomic mass is 32.1. The molecule has 1 aliphatic carbocycles. The molecule has 0 atom stereocenters. The SMILES string of the molecule is CCN(Cn1nc(NC(C)(C)C)sc1=S)C1CCCCC1. The standard InChI is InChI=1S/C15H28N4S2/c1-5-18(12-9-7-6-8-10-12)11-19-14(20)21-13(17-19)16-15(2,3)4/h12H,5-11H2,1-4H3,(H,16,17). The quantitative estimate of drug-likeness (QED) is 0.807. The molecule has 0 aromatic carbocycles.